The van der Waals surface area contributed by atoms with E-state index in [0.717, 1.165) is 32.5 Å². The molecule has 0 aliphatic rings. The highest BCUT2D eigenvalue weighted by Gasteiger charge is 2.20. The van der Waals surface area contributed by atoms with Gasteiger partial charge in [0.2, 0.25) is 0 Å². The largest absolute Gasteiger partial charge is 0.483 e. The first kappa shape index (κ1) is 24.9. The van der Waals surface area contributed by atoms with Gasteiger partial charge in [0, 0.05) is 11.3 Å². The van der Waals surface area contributed by atoms with Crippen molar-refractivity contribution in [1.29, 1.82) is 0 Å². The van der Waals surface area contributed by atoms with Crippen LogP contribution in [0, 0.1) is 6.92 Å². The lowest BCUT2D eigenvalue weighted by Crippen LogP contribution is -2.37. The van der Waals surface area contributed by atoms with Crippen molar-refractivity contribution in [2.45, 2.75) is 26.7 Å². The van der Waals surface area contributed by atoms with Crippen LogP contribution in [-0.2, 0) is 17.6 Å². The Morgan fingerprint density at radius 3 is 2.52 bits per heavy atom. The van der Waals surface area contributed by atoms with Gasteiger partial charge < -0.3 is 15.8 Å². The first-order valence-corrected chi connectivity index (χ1v) is 12.3. The number of halogens is 1. The Labute approximate surface area is 210 Å². The minimum absolute atomic E-state index is 0.0685. The van der Waals surface area contributed by atoms with E-state index in [0.29, 0.717) is 22.7 Å². The Morgan fingerprint density at radius 1 is 1.15 bits per heavy atom. The molecule has 1 aromatic heterocycles. The SMILES string of the molecule is CCc1ccc(OCC(=O)NC(=S)Nc2sc(Cc3ccccc3)c(C)c2C(N)=O)c(Br)c1. The number of nitrogens with one attached hydrogen (secondary N) is 2. The third kappa shape index (κ3) is 6.63. The Morgan fingerprint density at radius 2 is 1.88 bits per heavy atom. The summed E-state index contributed by atoms with van der Waals surface area (Å²) in [5, 5.41) is 6.11. The van der Waals surface area contributed by atoms with Crippen LogP contribution >= 0.6 is 39.5 Å². The van der Waals surface area contributed by atoms with Gasteiger partial charge in [-0.3, -0.25) is 14.9 Å². The molecule has 2 amide bonds. The molecule has 3 rings (SSSR count). The lowest BCUT2D eigenvalue weighted by Gasteiger charge is -2.11. The predicted molar refractivity (Wildman–Crippen MR) is 140 cm³/mol. The number of thiophene rings is 1. The molecule has 0 saturated carbocycles. The number of carbonyl (C=O) groups is 2. The molecule has 0 aliphatic heterocycles. The standard InChI is InChI=1S/C24H24BrN3O3S2/c1-3-15-9-10-18(17(25)11-15)31-13-20(29)27-24(32)28-23-21(22(26)30)14(2)19(33-23)12-16-7-5-4-6-8-16/h4-11H,3,12-13H2,1-2H3,(H2,26,30)(H2,27,28,29,32). The lowest BCUT2D eigenvalue weighted by molar-refractivity contribution is -0.121. The highest BCUT2D eigenvalue weighted by molar-refractivity contribution is 9.10. The zero-order valence-electron chi connectivity index (χ0n) is 18.2. The second-order valence-electron chi connectivity index (χ2n) is 7.29. The number of thiocarbonyl (C=S) groups is 1. The van der Waals surface area contributed by atoms with Crippen molar-refractivity contribution in [2.75, 3.05) is 11.9 Å². The van der Waals surface area contributed by atoms with Crippen LogP contribution in [0.15, 0.2) is 53.0 Å². The summed E-state index contributed by atoms with van der Waals surface area (Å²) in [6.07, 6.45) is 1.57. The van der Waals surface area contributed by atoms with E-state index in [9.17, 15) is 9.59 Å². The number of carbonyl (C=O) groups excluding carboxylic acids is 2. The van der Waals surface area contributed by atoms with Crippen LogP contribution in [0.3, 0.4) is 0 Å². The summed E-state index contributed by atoms with van der Waals surface area (Å²) in [6, 6.07) is 15.7. The van der Waals surface area contributed by atoms with Crippen molar-refractivity contribution < 1.29 is 14.3 Å². The third-order valence-electron chi connectivity index (χ3n) is 4.94. The molecule has 6 nitrogen and oxygen atoms in total. The first-order chi connectivity index (χ1) is 15.8. The summed E-state index contributed by atoms with van der Waals surface area (Å²) >= 11 is 10.1. The second kappa shape index (κ2) is 11.4. The van der Waals surface area contributed by atoms with E-state index in [2.05, 4.69) is 33.5 Å². The summed E-state index contributed by atoms with van der Waals surface area (Å²) in [6.45, 7) is 3.71. The molecular weight excluding hydrogens is 522 g/mol. The number of amides is 2. The Balaban J connectivity index is 1.63. The molecule has 0 unspecified atom stereocenters. The van der Waals surface area contributed by atoms with Gasteiger partial charge in [-0.25, -0.2) is 0 Å². The van der Waals surface area contributed by atoms with E-state index in [4.69, 9.17) is 22.7 Å². The van der Waals surface area contributed by atoms with Gasteiger partial charge in [-0.05, 0) is 70.3 Å². The van der Waals surface area contributed by atoms with E-state index < -0.39 is 11.8 Å². The number of anilines is 1. The number of aryl methyl sites for hydroxylation is 1. The fourth-order valence-corrected chi connectivity index (χ4v) is 5.29. The van der Waals surface area contributed by atoms with Gasteiger partial charge in [-0.1, -0.05) is 43.3 Å². The highest BCUT2D eigenvalue weighted by Crippen LogP contribution is 2.34. The third-order valence-corrected chi connectivity index (χ3v) is 6.97. The van der Waals surface area contributed by atoms with Gasteiger partial charge in [-0.15, -0.1) is 11.3 Å². The molecule has 2 aromatic carbocycles. The number of hydrogen-bond acceptors (Lipinski definition) is 5. The van der Waals surface area contributed by atoms with E-state index in [1.807, 2.05) is 55.5 Å². The summed E-state index contributed by atoms with van der Waals surface area (Å²) < 4.78 is 6.36. The zero-order valence-corrected chi connectivity index (χ0v) is 21.5. The molecular formula is C24H24BrN3O3S2. The number of rotatable bonds is 8. The van der Waals surface area contributed by atoms with Crippen LogP contribution in [-0.4, -0.2) is 23.5 Å². The number of nitrogens with two attached hydrogens (primary N) is 1. The second-order valence-corrected chi connectivity index (χ2v) is 9.66. The zero-order chi connectivity index (χ0) is 24.0. The van der Waals surface area contributed by atoms with Crippen molar-refractivity contribution in [3.8, 4) is 5.75 Å². The number of primary amides is 1. The molecule has 33 heavy (non-hydrogen) atoms. The summed E-state index contributed by atoms with van der Waals surface area (Å²) in [7, 11) is 0. The lowest BCUT2D eigenvalue weighted by atomic mass is 10.1. The molecule has 1 heterocycles. The Kier molecular flexibility index (Phi) is 8.60. The van der Waals surface area contributed by atoms with Crippen molar-refractivity contribution in [1.82, 2.24) is 5.32 Å². The fraction of sp³-hybridized carbons (Fsp3) is 0.208. The topological polar surface area (TPSA) is 93.4 Å². The van der Waals surface area contributed by atoms with Gasteiger partial charge in [0.25, 0.3) is 11.8 Å². The predicted octanol–water partition coefficient (Wildman–Crippen LogP) is 4.96. The minimum atomic E-state index is -0.552. The normalized spacial score (nSPS) is 10.5. The monoisotopic (exact) mass is 545 g/mol. The van der Waals surface area contributed by atoms with Crippen LogP contribution < -0.4 is 21.1 Å². The number of hydrogen-bond donors (Lipinski definition) is 3. The number of benzene rings is 2. The maximum Gasteiger partial charge on any atom is 0.264 e. The Hall–Kier alpha value is -2.75. The van der Waals surface area contributed by atoms with Gasteiger partial charge in [-0.2, -0.15) is 0 Å². The van der Waals surface area contributed by atoms with Crippen molar-refractivity contribution in [2.24, 2.45) is 5.73 Å². The summed E-state index contributed by atoms with van der Waals surface area (Å²) in [4.78, 5) is 25.4. The highest BCUT2D eigenvalue weighted by atomic mass is 79.9. The minimum Gasteiger partial charge on any atom is -0.483 e. The average Bonchev–Trinajstić information content (AvgIpc) is 3.07. The molecule has 0 saturated heterocycles. The molecule has 3 aromatic rings. The fourth-order valence-electron chi connectivity index (χ4n) is 3.22. The molecule has 9 heteroatoms. The van der Waals surface area contributed by atoms with Crippen LogP contribution in [0.2, 0.25) is 0 Å². The number of ether oxygens (including phenoxy) is 1. The summed E-state index contributed by atoms with van der Waals surface area (Å²) in [5.41, 5.74) is 9.08. The maximum absolute atomic E-state index is 12.3. The Bertz CT molecular complexity index is 1180. The molecule has 0 aliphatic carbocycles. The van der Waals surface area contributed by atoms with E-state index >= 15 is 0 Å². The molecule has 172 valence electrons. The molecule has 0 bridgehead atoms. The van der Waals surface area contributed by atoms with Gasteiger partial charge in [0.05, 0.1) is 10.0 Å². The molecule has 0 fully saturated rings. The van der Waals surface area contributed by atoms with E-state index in [1.54, 1.807) is 0 Å². The van der Waals surface area contributed by atoms with Gasteiger partial charge >= 0.3 is 0 Å². The van der Waals surface area contributed by atoms with Crippen molar-refractivity contribution >= 4 is 61.4 Å². The molecule has 4 N–H and O–H groups in total. The van der Waals surface area contributed by atoms with E-state index in [1.165, 1.54) is 11.3 Å². The van der Waals surface area contributed by atoms with Crippen LogP contribution in [0.25, 0.3) is 0 Å². The van der Waals surface area contributed by atoms with E-state index in [-0.39, 0.29) is 11.7 Å². The van der Waals surface area contributed by atoms with Gasteiger partial charge in [0.15, 0.2) is 11.7 Å². The van der Waals surface area contributed by atoms with Gasteiger partial charge in [0.1, 0.15) is 10.8 Å². The van der Waals surface area contributed by atoms with Crippen LogP contribution in [0.4, 0.5) is 5.00 Å². The molecule has 0 atom stereocenters. The van der Waals surface area contributed by atoms with Crippen molar-refractivity contribution in [3.05, 3.63) is 80.1 Å². The first-order valence-electron chi connectivity index (χ1n) is 10.3. The summed E-state index contributed by atoms with van der Waals surface area (Å²) in [5.74, 6) is -0.405. The molecule has 0 radical (unpaired) electrons. The average molecular weight is 547 g/mol. The van der Waals surface area contributed by atoms with Crippen LogP contribution in [0.5, 0.6) is 5.75 Å². The smallest absolute Gasteiger partial charge is 0.264 e. The van der Waals surface area contributed by atoms with Crippen LogP contribution in [0.1, 0.15) is 38.8 Å². The maximum atomic E-state index is 12.3. The molecule has 0 spiro atoms. The van der Waals surface area contributed by atoms with Crippen molar-refractivity contribution in [3.63, 3.8) is 0 Å². The quantitative estimate of drug-likeness (QED) is 0.347.